The number of aryl methyl sites for hydroxylation is 4. The average molecular weight is 440 g/mol. The third kappa shape index (κ3) is 5.47. The van der Waals surface area contributed by atoms with Crippen LogP contribution in [-0.4, -0.2) is 27.8 Å². The van der Waals surface area contributed by atoms with Gasteiger partial charge in [-0.05, 0) is 48.6 Å². The fourth-order valence-corrected chi connectivity index (χ4v) is 3.96. The zero-order chi connectivity index (χ0) is 23.2. The molecule has 6 heteroatoms. The molecule has 0 fully saturated rings. The number of nitrogen functional groups attached to an aromatic ring is 1. The van der Waals surface area contributed by atoms with Crippen molar-refractivity contribution in [3.05, 3.63) is 101 Å². The Morgan fingerprint density at radius 2 is 1.64 bits per heavy atom. The maximum absolute atomic E-state index is 12.6. The fourth-order valence-electron chi connectivity index (χ4n) is 3.96. The van der Waals surface area contributed by atoms with E-state index in [-0.39, 0.29) is 11.7 Å². The lowest BCUT2D eigenvalue weighted by atomic mass is 10.1. The molecule has 0 saturated carbocycles. The zero-order valence-electron chi connectivity index (χ0n) is 18.8. The van der Waals surface area contributed by atoms with E-state index in [1.165, 1.54) is 11.1 Å². The molecule has 4 rings (SSSR count). The van der Waals surface area contributed by atoms with E-state index >= 15 is 0 Å². The van der Waals surface area contributed by atoms with Gasteiger partial charge in [-0.25, -0.2) is 4.98 Å². The minimum absolute atomic E-state index is 0.0669. The summed E-state index contributed by atoms with van der Waals surface area (Å²) in [5.41, 5.74) is 11.2. The molecule has 0 unspecified atom stereocenters. The molecule has 168 valence electrons. The van der Waals surface area contributed by atoms with Crippen LogP contribution in [0.4, 0.5) is 0 Å². The molecule has 0 atom stereocenters. The van der Waals surface area contributed by atoms with Gasteiger partial charge >= 0.3 is 0 Å². The lowest BCUT2D eigenvalue weighted by Crippen LogP contribution is -2.24. The first-order valence-electron chi connectivity index (χ1n) is 11.2. The van der Waals surface area contributed by atoms with Crippen molar-refractivity contribution in [1.29, 1.82) is 5.41 Å². The molecular formula is C27H29N5O. The molecule has 0 bridgehead atoms. The number of hydrogen-bond acceptors (Lipinski definition) is 3. The van der Waals surface area contributed by atoms with E-state index < -0.39 is 0 Å². The minimum atomic E-state index is -0.0669. The van der Waals surface area contributed by atoms with E-state index in [4.69, 9.17) is 16.1 Å². The van der Waals surface area contributed by atoms with Crippen molar-refractivity contribution >= 4 is 22.8 Å². The molecule has 0 spiro atoms. The highest BCUT2D eigenvalue weighted by molar-refractivity contribution is 5.97. The molecule has 0 radical (unpaired) electrons. The number of carbonyl (C=O) groups excluding carboxylic acids is 1. The van der Waals surface area contributed by atoms with E-state index in [9.17, 15) is 4.79 Å². The Balaban J connectivity index is 1.36. The molecular weight excluding hydrogens is 410 g/mol. The number of benzene rings is 3. The SMILES string of the molecule is Cn1c(CCc2ccc(C(=N)N)cc2)nc2cc(C(=O)NCCCc3ccccc3)ccc21. The number of amides is 1. The van der Waals surface area contributed by atoms with Crippen molar-refractivity contribution in [3.63, 3.8) is 0 Å². The Morgan fingerprint density at radius 1 is 0.939 bits per heavy atom. The van der Waals surface area contributed by atoms with Crippen molar-refractivity contribution < 1.29 is 4.79 Å². The Morgan fingerprint density at radius 3 is 2.36 bits per heavy atom. The van der Waals surface area contributed by atoms with Crippen LogP contribution < -0.4 is 11.1 Å². The molecule has 1 aromatic heterocycles. The number of hydrogen-bond donors (Lipinski definition) is 3. The highest BCUT2D eigenvalue weighted by Crippen LogP contribution is 2.18. The standard InChI is InChI=1S/C27H29N5O/c1-32-24-15-14-22(27(33)30-17-5-8-19-6-3-2-4-7-19)18-23(24)31-25(32)16-11-20-9-12-21(13-10-20)26(28)29/h2-4,6-7,9-10,12-15,18H,5,8,11,16-17H2,1H3,(H3,28,29)(H,30,33). The van der Waals surface area contributed by atoms with E-state index in [2.05, 4.69) is 22.0 Å². The first kappa shape index (κ1) is 22.3. The summed E-state index contributed by atoms with van der Waals surface area (Å²) in [6.07, 6.45) is 3.47. The van der Waals surface area contributed by atoms with Gasteiger partial charge in [0.15, 0.2) is 0 Å². The van der Waals surface area contributed by atoms with Gasteiger partial charge in [0, 0.05) is 31.1 Å². The van der Waals surface area contributed by atoms with Gasteiger partial charge in [-0.2, -0.15) is 0 Å². The van der Waals surface area contributed by atoms with Crippen LogP contribution in [0.5, 0.6) is 0 Å². The normalized spacial score (nSPS) is 10.9. The average Bonchev–Trinajstić information content (AvgIpc) is 3.16. The lowest BCUT2D eigenvalue weighted by Gasteiger charge is -2.06. The smallest absolute Gasteiger partial charge is 0.251 e. The molecule has 33 heavy (non-hydrogen) atoms. The predicted octanol–water partition coefficient (Wildman–Crippen LogP) is 4.01. The third-order valence-corrected chi connectivity index (χ3v) is 5.91. The molecule has 0 aliphatic heterocycles. The second-order valence-corrected chi connectivity index (χ2v) is 8.25. The van der Waals surface area contributed by atoms with Gasteiger partial charge < -0.3 is 15.6 Å². The molecule has 0 aliphatic rings. The summed E-state index contributed by atoms with van der Waals surface area (Å²) in [6.45, 7) is 0.641. The topological polar surface area (TPSA) is 96.8 Å². The monoisotopic (exact) mass is 439 g/mol. The van der Waals surface area contributed by atoms with Crippen molar-refractivity contribution in [2.75, 3.05) is 6.54 Å². The maximum Gasteiger partial charge on any atom is 0.251 e. The van der Waals surface area contributed by atoms with Crippen LogP contribution in [0.2, 0.25) is 0 Å². The molecule has 0 saturated heterocycles. The molecule has 4 N–H and O–H groups in total. The number of amidine groups is 1. The molecule has 1 heterocycles. The molecule has 0 aliphatic carbocycles. The number of nitrogens with one attached hydrogen (secondary N) is 2. The highest BCUT2D eigenvalue weighted by atomic mass is 16.1. The molecule has 4 aromatic rings. The van der Waals surface area contributed by atoms with E-state index in [1.807, 2.05) is 67.7 Å². The van der Waals surface area contributed by atoms with Crippen molar-refractivity contribution in [3.8, 4) is 0 Å². The number of nitrogens with zero attached hydrogens (tertiary/aromatic N) is 2. The Bertz CT molecular complexity index is 1260. The Kier molecular flexibility index (Phi) is 6.83. The van der Waals surface area contributed by atoms with Crippen LogP contribution in [-0.2, 0) is 26.3 Å². The summed E-state index contributed by atoms with van der Waals surface area (Å²) >= 11 is 0. The molecule has 6 nitrogen and oxygen atoms in total. The van der Waals surface area contributed by atoms with Gasteiger partial charge in [-0.3, -0.25) is 10.2 Å². The van der Waals surface area contributed by atoms with Gasteiger partial charge in [-0.15, -0.1) is 0 Å². The summed E-state index contributed by atoms with van der Waals surface area (Å²) in [7, 11) is 2.01. The van der Waals surface area contributed by atoms with Gasteiger partial charge in [0.1, 0.15) is 11.7 Å². The summed E-state index contributed by atoms with van der Waals surface area (Å²) in [6, 6.07) is 23.7. The lowest BCUT2D eigenvalue weighted by molar-refractivity contribution is 0.0953. The quantitative estimate of drug-likeness (QED) is 0.209. The largest absolute Gasteiger partial charge is 0.384 e. The molecule has 1 amide bonds. The second kappa shape index (κ2) is 10.1. The van der Waals surface area contributed by atoms with Gasteiger partial charge in [0.25, 0.3) is 5.91 Å². The number of rotatable bonds is 9. The fraction of sp³-hybridized carbons (Fsp3) is 0.222. The first-order valence-corrected chi connectivity index (χ1v) is 11.2. The van der Waals surface area contributed by atoms with Crippen LogP contribution in [0.3, 0.4) is 0 Å². The van der Waals surface area contributed by atoms with E-state index in [0.29, 0.717) is 12.1 Å². The Labute approximate surface area is 194 Å². The van der Waals surface area contributed by atoms with Crippen LogP contribution in [0.15, 0.2) is 72.8 Å². The van der Waals surface area contributed by atoms with E-state index in [0.717, 1.165) is 48.1 Å². The third-order valence-electron chi connectivity index (χ3n) is 5.91. The summed E-state index contributed by atoms with van der Waals surface area (Å²) < 4.78 is 2.08. The molecule has 3 aromatic carbocycles. The van der Waals surface area contributed by atoms with Crippen molar-refractivity contribution in [2.24, 2.45) is 12.8 Å². The minimum Gasteiger partial charge on any atom is -0.384 e. The number of imidazole rings is 1. The predicted molar refractivity (Wildman–Crippen MR) is 133 cm³/mol. The number of nitrogens with two attached hydrogens (primary N) is 1. The van der Waals surface area contributed by atoms with Gasteiger partial charge in [0.05, 0.1) is 11.0 Å². The zero-order valence-corrected chi connectivity index (χ0v) is 18.8. The van der Waals surface area contributed by atoms with Gasteiger partial charge in [-0.1, -0.05) is 54.6 Å². The highest BCUT2D eigenvalue weighted by Gasteiger charge is 2.12. The van der Waals surface area contributed by atoms with Crippen LogP contribution >= 0.6 is 0 Å². The van der Waals surface area contributed by atoms with Gasteiger partial charge in [0.2, 0.25) is 0 Å². The van der Waals surface area contributed by atoms with Crippen molar-refractivity contribution in [2.45, 2.75) is 25.7 Å². The number of fused-ring (bicyclic) bond motifs is 1. The summed E-state index contributed by atoms with van der Waals surface area (Å²) in [5, 5.41) is 10.5. The van der Waals surface area contributed by atoms with Crippen LogP contribution in [0, 0.1) is 5.41 Å². The second-order valence-electron chi connectivity index (χ2n) is 8.25. The number of aromatic nitrogens is 2. The van der Waals surface area contributed by atoms with E-state index in [1.54, 1.807) is 0 Å². The number of carbonyl (C=O) groups is 1. The van der Waals surface area contributed by atoms with Crippen LogP contribution in [0.25, 0.3) is 11.0 Å². The first-order chi connectivity index (χ1) is 16.0. The summed E-state index contributed by atoms with van der Waals surface area (Å²) in [4.78, 5) is 17.4. The van der Waals surface area contributed by atoms with Crippen LogP contribution in [0.1, 0.15) is 39.3 Å². The van der Waals surface area contributed by atoms with Crippen molar-refractivity contribution in [1.82, 2.24) is 14.9 Å². The Hall–Kier alpha value is -3.93. The summed E-state index contributed by atoms with van der Waals surface area (Å²) in [5.74, 6) is 0.983. The maximum atomic E-state index is 12.6.